The molecule has 300 valence electrons. The third-order valence-electron chi connectivity index (χ3n) is 9.54. The average Bonchev–Trinajstić information content (AvgIpc) is 3.23. The first kappa shape index (κ1) is 41.7. The van der Waals surface area contributed by atoms with Crippen LogP contribution in [0.5, 0.6) is 23.0 Å². The molecule has 4 bridgehead atoms. The van der Waals surface area contributed by atoms with Gasteiger partial charge in [-0.1, -0.05) is 30.3 Å². The number of methoxy groups -OCH3 is 2. The van der Waals surface area contributed by atoms with E-state index in [0.717, 1.165) is 11.1 Å². The summed E-state index contributed by atoms with van der Waals surface area (Å²) in [6.07, 6.45) is 5.70. The van der Waals surface area contributed by atoms with Crippen molar-refractivity contribution in [3.63, 3.8) is 0 Å². The Labute approximate surface area is 332 Å². The Bertz CT molecular complexity index is 1990. The molecule has 3 heterocycles. The molecular formula is C43H50N6O8. The van der Waals surface area contributed by atoms with E-state index in [4.69, 9.17) is 14.2 Å². The first-order chi connectivity index (χ1) is 27.6. The molecule has 2 atom stereocenters. The molecule has 5 amide bonds. The van der Waals surface area contributed by atoms with E-state index in [1.54, 1.807) is 55.7 Å². The Morgan fingerprint density at radius 1 is 0.825 bits per heavy atom. The summed E-state index contributed by atoms with van der Waals surface area (Å²) in [7, 11) is 3.00. The van der Waals surface area contributed by atoms with Crippen molar-refractivity contribution in [1.82, 2.24) is 31.2 Å². The van der Waals surface area contributed by atoms with Crippen molar-refractivity contribution in [1.29, 1.82) is 0 Å². The lowest BCUT2D eigenvalue weighted by atomic mass is 10.0. The van der Waals surface area contributed by atoms with Gasteiger partial charge in [0.1, 0.15) is 23.6 Å². The van der Waals surface area contributed by atoms with Crippen molar-refractivity contribution < 1.29 is 38.2 Å². The van der Waals surface area contributed by atoms with Crippen LogP contribution in [-0.4, -0.2) is 85.4 Å². The monoisotopic (exact) mass is 778 g/mol. The fourth-order valence-corrected chi connectivity index (χ4v) is 6.29. The molecule has 0 radical (unpaired) electrons. The van der Waals surface area contributed by atoms with Crippen LogP contribution in [-0.2, 0) is 38.6 Å². The highest BCUT2D eigenvalue weighted by Crippen LogP contribution is 2.35. The SMILES string of the molecule is COc1cc2ccc1CNC(=O)[C@H](C)NC(=O)[C@H](CCc1ccccc1)NC(=O)CN(C(=O)CCc1ccncc1)CCCCNC(=O)c1ccc(OC)c(c1)O2. The van der Waals surface area contributed by atoms with Gasteiger partial charge in [-0.25, -0.2) is 0 Å². The van der Waals surface area contributed by atoms with E-state index in [0.29, 0.717) is 66.4 Å². The highest BCUT2D eigenvalue weighted by molar-refractivity contribution is 5.95. The van der Waals surface area contributed by atoms with E-state index in [1.807, 2.05) is 42.5 Å². The summed E-state index contributed by atoms with van der Waals surface area (Å²) in [6.45, 7) is 1.94. The van der Waals surface area contributed by atoms with Crippen LogP contribution in [0.25, 0.3) is 0 Å². The molecule has 14 nitrogen and oxygen atoms in total. The Kier molecular flexibility index (Phi) is 15.4. The van der Waals surface area contributed by atoms with Crippen LogP contribution in [0, 0.1) is 0 Å². The molecule has 4 N–H and O–H groups in total. The van der Waals surface area contributed by atoms with Crippen LogP contribution in [0.2, 0.25) is 0 Å². The Balaban J connectivity index is 1.38. The highest BCUT2D eigenvalue weighted by atomic mass is 16.5. The summed E-state index contributed by atoms with van der Waals surface area (Å²) >= 11 is 0. The van der Waals surface area contributed by atoms with Gasteiger partial charge in [-0.05, 0) is 92.6 Å². The maximum Gasteiger partial charge on any atom is 0.251 e. The lowest BCUT2D eigenvalue weighted by Crippen LogP contribution is -2.54. The van der Waals surface area contributed by atoms with E-state index >= 15 is 0 Å². The number of pyridine rings is 1. The van der Waals surface area contributed by atoms with Gasteiger partial charge in [0.05, 0.1) is 20.8 Å². The van der Waals surface area contributed by atoms with Gasteiger partial charge in [0.15, 0.2) is 11.5 Å². The Hall–Kier alpha value is -6.44. The van der Waals surface area contributed by atoms with Crippen LogP contribution in [0.3, 0.4) is 0 Å². The number of nitrogens with zero attached hydrogens (tertiary/aromatic N) is 2. The number of fused-ring (bicyclic) bond motifs is 18. The fourth-order valence-electron chi connectivity index (χ4n) is 6.29. The minimum Gasteiger partial charge on any atom is -0.496 e. The first-order valence-electron chi connectivity index (χ1n) is 19.0. The molecule has 2 aliphatic heterocycles. The minimum absolute atomic E-state index is 0.0840. The van der Waals surface area contributed by atoms with Crippen LogP contribution in [0.15, 0.2) is 91.3 Å². The number of ether oxygens (including phenoxy) is 3. The third kappa shape index (κ3) is 12.5. The number of benzene rings is 3. The molecule has 0 unspecified atom stereocenters. The van der Waals surface area contributed by atoms with Gasteiger partial charge >= 0.3 is 0 Å². The van der Waals surface area contributed by atoms with Gasteiger partial charge in [0, 0.05) is 55.6 Å². The van der Waals surface area contributed by atoms with E-state index < -0.39 is 29.8 Å². The Morgan fingerprint density at radius 2 is 1.58 bits per heavy atom. The molecule has 0 saturated carbocycles. The number of rotatable bonds is 8. The molecule has 0 spiro atoms. The molecule has 57 heavy (non-hydrogen) atoms. The van der Waals surface area contributed by atoms with Crippen LogP contribution in [0.1, 0.15) is 59.7 Å². The molecule has 2 aliphatic rings. The maximum atomic E-state index is 13.7. The topological polar surface area (TPSA) is 177 Å². The molecule has 1 aromatic heterocycles. The van der Waals surface area contributed by atoms with Crippen LogP contribution in [0.4, 0.5) is 0 Å². The number of hydrogen-bond acceptors (Lipinski definition) is 9. The van der Waals surface area contributed by atoms with E-state index in [9.17, 15) is 24.0 Å². The summed E-state index contributed by atoms with van der Waals surface area (Å²) < 4.78 is 17.2. The standard InChI is InChI=1S/C43H50N6O8/c1-29-41(52)46-27-33-13-15-34(26-37(33)56-3)57-38-25-32(14-17-36(38)55-2)42(53)45-21-7-8-24-49(40(51)18-12-31-19-22-44-23-20-31)28-39(50)48-35(43(54)47-29)16-11-30-9-5-4-6-10-30/h4-6,9-10,13-15,17,19-20,22-23,25-26,29,35H,7-8,11-12,16,18,21,24,27-28H2,1-3H3,(H,45,53)(H,46,52)(H,47,54)(H,48,50)/t29-,35-/m0/s1. The van der Waals surface area contributed by atoms with Gasteiger partial charge in [-0.15, -0.1) is 0 Å². The minimum atomic E-state index is -0.990. The zero-order valence-electron chi connectivity index (χ0n) is 32.5. The summed E-state index contributed by atoms with van der Waals surface area (Å²) in [5.41, 5.74) is 2.91. The lowest BCUT2D eigenvalue weighted by molar-refractivity contribution is -0.137. The van der Waals surface area contributed by atoms with Gasteiger partial charge < -0.3 is 40.4 Å². The van der Waals surface area contributed by atoms with Crippen molar-refractivity contribution in [2.75, 3.05) is 33.9 Å². The van der Waals surface area contributed by atoms with Crippen molar-refractivity contribution in [2.45, 2.75) is 64.1 Å². The van der Waals surface area contributed by atoms with Gasteiger partial charge in [0.2, 0.25) is 23.6 Å². The highest BCUT2D eigenvalue weighted by Gasteiger charge is 2.26. The lowest BCUT2D eigenvalue weighted by Gasteiger charge is -2.25. The second-order valence-electron chi connectivity index (χ2n) is 13.7. The summed E-state index contributed by atoms with van der Waals surface area (Å²) in [4.78, 5) is 72.9. The molecule has 14 heteroatoms. The number of aromatic nitrogens is 1. The predicted molar refractivity (Wildman–Crippen MR) is 213 cm³/mol. The number of amides is 5. The van der Waals surface area contributed by atoms with Crippen LogP contribution >= 0.6 is 0 Å². The summed E-state index contributed by atoms with van der Waals surface area (Å²) in [5.74, 6) is -0.467. The Morgan fingerprint density at radius 3 is 2.33 bits per heavy atom. The number of carbonyl (C=O) groups is 5. The van der Waals surface area contributed by atoms with Crippen molar-refractivity contribution in [3.8, 4) is 23.0 Å². The quantitative estimate of drug-likeness (QED) is 0.192. The van der Waals surface area contributed by atoms with E-state index in [2.05, 4.69) is 26.3 Å². The number of carbonyl (C=O) groups excluding carboxylic acids is 5. The fraction of sp³-hybridized carbons (Fsp3) is 0.349. The molecule has 0 saturated heterocycles. The molecule has 0 fully saturated rings. The van der Waals surface area contributed by atoms with Gasteiger partial charge in [-0.3, -0.25) is 29.0 Å². The zero-order valence-corrected chi connectivity index (χ0v) is 32.5. The molecule has 3 aromatic carbocycles. The number of aryl methyl sites for hydroxylation is 2. The van der Waals surface area contributed by atoms with Crippen molar-refractivity contribution in [3.05, 3.63) is 114 Å². The zero-order chi connectivity index (χ0) is 40.6. The normalized spacial score (nSPS) is 17.4. The summed E-state index contributed by atoms with van der Waals surface area (Å²) in [6, 6.07) is 21.3. The second-order valence-corrected chi connectivity index (χ2v) is 13.7. The van der Waals surface area contributed by atoms with Crippen molar-refractivity contribution >= 4 is 29.5 Å². The largest absolute Gasteiger partial charge is 0.496 e. The maximum absolute atomic E-state index is 13.7. The predicted octanol–water partition coefficient (Wildman–Crippen LogP) is 4.11. The van der Waals surface area contributed by atoms with Gasteiger partial charge in [0.25, 0.3) is 5.91 Å². The van der Waals surface area contributed by atoms with Crippen LogP contribution < -0.4 is 35.5 Å². The van der Waals surface area contributed by atoms with Crippen molar-refractivity contribution in [2.24, 2.45) is 0 Å². The molecule has 0 aliphatic carbocycles. The van der Waals surface area contributed by atoms with E-state index in [1.165, 1.54) is 19.1 Å². The molecular weight excluding hydrogens is 729 g/mol. The van der Waals surface area contributed by atoms with E-state index in [-0.39, 0.29) is 44.3 Å². The van der Waals surface area contributed by atoms with Gasteiger partial charge in [-0.2, -0.15) is 0 Å². The molecule has 4 aromatic rings. The smallest absolute Gasteiger partial charge is 0.251 e. The third-order valence-corrected chi connectivity index (χ3v) is 9.54. The number of hydrogen-bond donors (Lipinski definition) is 4. The summed E-state index contributed by atoms with van der Waals surface area (Å²) in [5, 5.41) is 11.4. The molecule has 6 rings (SSSR count). The second kappa shape index (κ2) is 21.0. The number of nitrogens with one attached hydrogen (secondary N) is 4. The average molecular weight is 779 g/mol. The first-order valence-corrected chi connectivity index (χ1v) is 19.0.